The van der Waals surface area contributed by atoms with E-state index in [1.807, 2.05) is 6.07 Å². The van der Waals surface area contributed by atoms with Gasteiger partial charge in [-0.25, -0.2) is 9.59 Å². The second kappa shape index (κ2) is 9.24. The molecule has 2 N–H and O–H groups in total. The smallest absolute Gasteiger partial charge is 0.343 e. The van der Waals surface area contributed by atoms with Gasteiger partial charge in [0.1, 0.15) is 23.1 Å². The van der Waals surface area contributed by atoms with Crippen LogP contribution in [-0.2, 0) is 4.74 Å². The highest BCUT2D eigenvalue weighted by Crippen LogP contribution is 2.43. The van der Waals surface area contributed by atoms with E-state index >= 15 is 0 Å². The summed E-state index contributed by atoms with van der Waals surface area (Å²) in [7, 11) is 1.31. The van der Waals surface area contributed by atoms with E-state index in [9.17, 15) is 14.9 Å². The Hall–Kier alpha value is -5.16. The molecule has 1 aromatic heterocycles. The van der Waals surface area contributed by atoms with Crippen molar-refractivity contribution < 1.29 is 23.8 Å². The maximum absolute atomic E-state index is 12.8. The van der Waals surface area contributed by atoms with Gasteiger partial charge >= 0.3 is 11.9 Å². The SMILES string of the molecule is COC(=O)c1ccc(C2C(C#N)=C(N)Oc3cc(OC(=O)c4ccc5ncccc5c4)ccc32)cc1. The lowest BCUT2D eigenvalue weighted by molar-refractivity contribution is 0.0600. The van der Waals surface area contributed by atoms with Crippen LogP contribution in [0.2, 0.25) is 0 Å². The lowest BCUT2D eigenvalue weighted by atomic mass is 9.83. The number of pyridine rings is 1. The van der Waals surface area contributed by atoms with Crippen LogP contribution >= 0.6 is 0 Å². The van der Waals surface area contributed by atoms with Crippen molar-refractivity contribution in [2.24, 2.45) is 5.73 Å². The van der Waals surface area contributed by atoms with Crippen LogP contribution in [0.25, 0.3) is 10.9 Å². The summed E-state index contributed by atoms with van der Waals surface area (Å²) in [5, 5.41) is 10.6. The van der Waals surface area contributed by atoms with E-state index in [0.717, 1.165) is 16.5 Å². The van der Waals surface area contributed by atoms with Crippen LogP contribution in [0.4, 0.5) is 0 Å². The number of nitriles is 1. The molecule has 36 heavy (non-hydrogen) atoms. The van der Waals surface area contributed by atoms with Gasteiger partial charge in [-0.15, -0.1) is 0 Å². The molecule has 1 aliphatic rings. The fraction of sp³-hybridized carbons (Fsp3) is 0.0714. The first-order valence-corrected chi connectivity index (χ1v) is 11.0. The molecule has 5 rings (SSSR count). The van der Waals surface area contributed by atoms with Gasteiger partial charge in [0.25, 0.3) is 0 Å². The van der Waals surface area contributed by atoms with E-state index in [0.29, 0.717) is 22.4 Å². The summed E-state index contributed by atoms with van der Waals surface area (Å²) in [5.74, 6) is -0.938. The minimum Gasteiger partial charge on any atom is -0.465 e. The first-order valence-electron chi connectivity index (χ1n) is 11.0. The predicted octanol–water partition coefficient (Wildman–Crippen LogP) is 4.46. The highest BCUT2D eigenvalue weighted by Gasteiger charge is 2.31. The number of rotatable bonds is 4. The van der Waals surface area contributed by atoms with E-state index in [1.165, 1.54) is 7.11 Å². The molecular formula is C28H19N3O5. The summed E-state index contributed by atoms with van der Waals surface area (Å²) in [6, 6.07) is 22.5. The zero-order valence-corrected chi connectivity index (χ0v) is 19.1. The van der Waals surface area contributed by atoms with E-state index in [-0.39, 0.29) is 17.2 Å². The first kappa shape index (κ1) is 22.6. The average molecular weight is 477 g/mol. The monoisotopic (exact) mass is 477 g/mol. The van der Waals surface area contributed by atoms with Crippen LogP contribution in [0.5, 0.6) is 11.5 Å². The quantitative estimate of drug-likeness (QED) is 0.337. The molecule has 0 saturated carbocycles. The molecule has 4 aromatic rings. The summed E-state index contributed by atoms with van der Waals surface area (Å²) in [6.45, 7) is 0. The van der Waals surface area contributed by atoms with Crippen molar-refractivity contribution in [2.45, 2.75) is 5.92 Å². The lowest BCUT2D eigenvalue weighted by Gasteiger charge is -2.26. The van der Waals surface area contributed by atoms with Gasteiger partial charge in [-0.2, -0.15) is 5.26 Å². The third kappa shape index (κ3) is 4.10. The van der Waals surface area contributed by atoms with E-state index in [4.69, 9.17) is 19.9 Å². The second-order valence-corrected chi connectivity index (χ2v) is 8.04. The summed E-state index contributed by atoms with van der Waals surface area (Å²) in [5.41, 5.74) is 9.26. The zero-order chi connectivity index (χ0) is 25.2. The van der Waals surface area contributed by atoms with Crippen molar-refractivity contribution in [3.05, 3.63) is 113 Å². The number of esters is 2. The van der Waals surface area contributed by atoms with Crippen molar-refractivity contribution in [3.63, 3.8) is 0 Å². The number of methoxy groups -OCH3 is 1. The van der Waals surface area contributed by atoms with Gasteiger partial charge in [-0.1, -0.05) is 24.3 Å². The molecular weight excluding hydrogens is 458 g/mol. The molecule has 0 bridgehead atoms. The van der Waals surface area contributed by atoms with Gasteiger partial charge in [0.15, 0.2) is 0 Å². The molecule has 0 spiro atoms. The van der Waals surface area contributed by atoms with Crippen LogP contribution in [0.1, 0.15) is 37.8 Å². The minimum atomic E-state index is -0.535. The number of fused-ring (bicyclic) bond motifs is 2. The number of carbonyl (C=O) groups is 2. The van der Waals surface area contributed by atoms with Crippen LogP contribution in [0.3, 0.4) is 0 Å². The highest BCUT2D eigenvalue weighted by molar-refractivity contribution is 5.95. The Bertz CT molecular complexity index is 1590. The van der Waals surface area contributed by atoms with Crippen molar-refractivity contribution in [1.82, 2.24) is 4.98 Å². The van der Waals surface area contributed by atoms with Gasteiger partial charge < -0.3 is 19.9 Å². The third-order valence-electron chi connectivity index (χ3n) is 5.90. The largest absolute Gasteiger partial charge is 0.465 e. The highest BCUT2D eigenvalue weighted by atomic mass is 16.5. The van der Waals surface area contributed by atoms with Crippen LogP contribution < -0.4 is 15.2 Å². The number of allylic oxidation sites excluding steroid dienone is 1. The molecule has 1 atom stereocenters. The Balaban J connectivity index is 1.45. The van der Waals surface area contributed by atoms with Crippen molar-refractivity contribution in [3.8, 4) is 17.6 Å². The van der Waals surface area contributed by atoms with Crippen LogP contribution in [0.15, 0.2) is 90.4 Å². The van der Waals surface area contributed by atoms with Crippen LogP contribution in [-0.4, -0.2) is 24.0 Å². The molecule has 1 aliphatic heterocycles. The number of aromatic nitrogens is 1. The Morgan fingerprint density at radius 2 is 1.78 bits per heavy atom. The fourth-order valence-corrected chi connectivity index (χ4v) is 4.14. The van der Waals surface area contributed by atoms with Crippen molar-refractivity contribution in [2.75, 3.05) is 7.11 Å². The van der Waals surface area contributed by atoms with E-state index in [2.05, 4.69) is 11.1 Å². The fourth-order valence-electron chi connectivity index (χ4n) is 4.14. The minimum absolute atomic E-state index is 0.0439. The molecule has 0 saturated heterocycles. The number of benzene rings is 3. The molecule has 0 fully saturated rings. The Morgan fingerprint density at radius 1 is 1.00 bits per heavy atom. The van der Waals surface area contributed by atoms with Crippen molar-refractivity contribution in [1.29, 1.82) is 5.26 Å². The molecule has 2 heterocycles. The normalized spacial score (nSPS) is 14.4. The number of ether oxygens (including phenoxy) is 3. The molecule has 0 radical (unpaired) electrons. The summed E-state index contributed by atoms with van der Waals surface area (Å²) < 4.78 is 16.0. The number of hydrogen-bond donors (Lipinski definition) is 1. The zero-order valence-electron chi connectivity index (χ0n) is 19.1. The second-order valence-electron chi connectivity index (χ2n) is 8.04. The molecule has 176 valence electrons. The Labute approximate surface area is 206 Å². The van der Waals surface area contributed by atoms with Crippen LogP contribution in [0, 0.1) is 11.3 Å². The maximum Gasteiger partial charge on any atom is 0.343 e. The molecule has 0 aliphatic carbocycles. The summed E-state index contributed by atoms with van der Waals surface area (Å²) in [6.07, 6.45) is 1.69. The molecule has 3 aromatic carbocycles. The van der Waals surface area contributed by atoms with Crippen molar-refractivity contribution >= 4 is 22.8 Å². The average Bonchev–Trinajstić information content (AvgIpc) is 2.91. The van der Waals surface area contributed by atoms with Gasteiger partial charge in [0.2, 0.25) is 5.88 Å². The van der Waals surface area contributed by atoms with Gasteiger partial charge in [-0.05, 0) is 48.0 Å². The molecule has 8 nitrogen and oxygen atoms in total. The molecule has 1 unspecified atom stereocenters. The van der Waals surface area contributed by atoms with Gasteiger partial charge in [0.05, 0.1) is 29.7 Å². The summed E-state index contributed by atoms with van der Waals surface area (Å²) >= 11 is 0. The third-order valence-corrected chi connectivity index (χ3v) is 5.90. The Kier molecular flexibility index (Phi) is 5.80. The number of nitrogens with two attached hydrogens (primary N) is 1. The van der Waals surface area contributed by atoms with E-state index < -0.39 is 17.9 Å². The number of carbonyl (C=O) groups excluding carboxylic acids is 2. The first-order chi connectivity index (χ1) is 17.5. The van der Waals surface area contributed by atoms with E-state index in [1.54, 1.807) is 72.9 Å². The van der Waals surface area contributed by atoms with Gasteiger partial charge in [-0.3, -0.25) is 4.98 Å². The summed E-state index contributed by atoms with van der Waals surface area (Å²) in [4.78, 5) is 28.8. The predicted molar refractivity (Wildman–Crippen MR) is 130 cm³/mol. The number of nitrogens with zero attached hydrogens (tertiary/aromatic N) is 2. The lowest BCUT2D eigenvalue weighted by Crippen LogP contribution is -2.21. The number of hydrogen-bond acceptors (Lipinski definition) is 8. The molecule has 8 heteroatoms. The molecule has 0 amide bonds. The van der Waals surface area contributed by atoms with Gasteiger partial charge in [0, 0.05) is 23.2 Å². The standard InChI is InChI=1S/C28H19N3O5/c1-34-27(32)17-6-4-16(5-7-17)25-21-10-9-20(14-24(21)36-26(30)22(25)15-29)35-28(33)19-8-11-23-18(13-19)3-2-12-31-23/h2-14,25H,30H2,1H3. The Morgan fingerprint density at radius 3 is 2.53 bits per heavy atom. The maximum atomic E-state index is 12.8. The topological polar surface area (TPSA) is 125 Å².